The minimum absolute atomic E-state index is 0.0105. The van der Waals surface area contributed by atoms with Gasteiger partial charge >= 0.3 is 18.3 Å². The standard InChI is InChI=1S/C21H21F3N4O3/c22-21(23,24)14-1-3-15(4-2-14)25-19(29)26-16-5-6-17-13(11-16)7-8-27-9-10-28(20(30)31)12-18(17)27/h1-6,11,18H,7-10,12H2,(H,30,31)(H2,25,26,29)/t18-/m0/s1. The molecule has 10 heteroatoms. The Morgan fingerprint density at radius 2 is 1.65 bits per heavy atom. The van der Waals surface area contributed by atoms with Gasteiger partial charge in [0.25, 0.3) is 0 Å². The van der Waals surface area contributed by atoms with Gasteiger partial charge in [0, 0.05) is 37.6 Å². The lowest BCUT2D eigenvalue weighted by molar-refractivity contribution is -0.137. The molecule has 1 fully saturated rings. The number of rotatable bonds is 2. The molecule has 3 N–H and O–H groups in total. The van der Waals surface area contributed by atoms with Crippen LogP contribution in [0.25, 0.3) is 0 Å². The van der Waals surface area contributed by atoms with Gasteiger partial charge < -0.3 is 20.6 Å². The molecule has 1 saturated heterocycles. The van der Waals surface area contributed by atoms with Gasteiger partial charge in [0.15, 0.2) is 0 Å². The number of hydrogen-bond donors (Lipinski definition) is 3. The fourth-order valence-corrected chi connectivity index (χ4v) is 4.08. The van der Waals surface area contributed by atoms with Gasteiger partial charge in [-0.15, -0.1) is 0 Å². The molecular weight excluding hydrogens is 413 g/mol. The second kappa shape index (κ2) is 8.10. The average Bonchev–Trinajstić information content (AvgIpc) is 2.72. The maximum atomic E-state index is 12.6. The second-order valence-electron chi connectivity index (χ2n) is 7.60. The van der Waals surface area contributed by atoms with Crippen LogP contribution in [0.2, 0.25) is 0 Å². The number of piperazine rings is 1. The Bertz CT molecular complexity index is 994. The third kappa shape index (κ3) is 4.58. The van der Waals surface area contributed by atoms with E-state index in [-0.39, 0.29) is 11.7 Å². The summed E-state index contributed by atoms with van der Waals surface area (Å²) in [5.41, 5.74) is 2.11. The zero-order chi connectivity index (χ0) is 22.2. The van der Waals surface area contributed by atoms with Crippen molar-refractivity contribution in [2.75, 3.05) is 36.8 Å². The summed E-state index contributed by atoms with van der Waals surface area (Å²) in [4.78, 5) is 27.3. The minimum atomic E-state index is -4.43. The number of nitrogens with zero attached hydrogens (tertiary/aromatic N) is 2. The first kappa shape index (κ1) is 21.0. The van der Waals surface area contributed by atoms with E-state index >= 15 is 0 Å². The van der Waals surface area contributed by atoms with Crippen molar-refractivity contribution in [3.05, 3.63) is 59.2 Å². The van der Waals surface area contributed by atoms with Crippen LogP contribution in [0.5, 0.6) is 0 Å². The van der Waals surface area contributed by atoms with Gasteiger partial charge in [-0.1, -0.05) is 6.07 Å². The van der Waals surface area contributed by atoms with E-state index in [0.717, 1.165) is 36.2 Å². The molecule has 2 aliphatic rings. The van der Waals surface area contributed by atoms with Crippen LogP contribution < -0.4 is 10.6 Å². The number of nitrogens with one attached hydrogen (secondary N) is 2. The summed E-state index contributed by atoms with van der Waals surface area (Å²) in [6.45, 7) is 2.40. The van der Waals surface area contributed by atoms with Gasteiger partial charge in [0.2, 0.25) is 0 Å². The zero-order valence-electron chi connectivity index (χ0n) is 16.4. The molecule has 7 nitrogen and oxygen atoms in total. The summed E-state index contributed by atoms with van der Waals surface area (Å²) in [7, 11) is 0. The first-order valence-electron chi connectivity index (χ1n) is 9.81. The van der Waals surface area contributed by atoms with E-state index in [1.165, 1.54) is 17.0 Å². The Kier molecular flexibility index (Phi) is 5.48. The van der Waals surface area contributed by atoms with Gasteiger partial charge in [-0.25, -0.2) is 9.59 Å². The maximum Gasteiger partial charge on any atom is 0.416 e. The number of carbonyl (C=O) groups is 2. The molecule has 0 unspecified atom stereocenters. The Labute approximate surface area is 176 Å². The van der Waals surface area contributed by atoms with E-state index in [4.69, 9.17) is 0 Å². The predicted molar refractivity (Wildman–Crippen MR) is 108 cm³/mol. The molecule has 3 amide bonds. The lowest BCUT2D eigenvalue weighted by atomic mass is 9.90. The van der Waals surface area contributed by atoms with Crippen LogP contribution in [0, 0.1) is 0 Å². The molecule has 0 saturated carbocycles. The highest BCUT2D eigenvalue weighted by molar-refractivity contribution is 5.99. The van der Waals surface area contributed by atoms with E-state index < -0.39 is 23.9 Å². The molecule has 1 atom stereocenters. The van der Waals surface area contributed by atoms with Gasteiger partial charge in [-0.05, 0) is 53.9 Å². The lowest BCUT2D eigenvalue weighted by Gasteiger charge is -2.44. The van der Waals surface area contributed by atoms with Crippen LogP contribution in [-0.4, -0.2) is 53.2 Å². The molecule has 0 aromatic heterocycles. The van der Waals surface area contributed by atoms with Crippen molar-refractivity contribution in [3.8, 4) is 0 Å². The molecule has 31 heavy (non-hydrogen) atoms. The van der Waals surface area contributed by atoms with E-state index in [0.29, 0.717) is 25.3 Å². The maximum absolute atomic E-state index is 12.6. The first-order chi connectivity index (χ1) is 14.7. The van der Waals surface area contributed by atoms with Gasteiger partial charge in [0.1, 0.15) is 0 Å². The molecule has 2 aromatic rings. The molecule has 2 heterocycles. The number of fused-ring (bicyclic) bond motifs is 3. The first-order valence-corrected chi connectivity index (χ1v) is 9.81. The van der Waals surface area contributed by atoms with Crippen LogP contribution in [-0.2, 0) is 12.6 Å². The number of hydrogen-bond acceptors (Lipinski definition) is 3. The molecule has 0 bridgehead atoms. The molecule has 0 radical (unpaired) electrons. The van der Waals surface area contributed by atoms with Crippen molar-refractivity contribution in [2.45, 2.75) is 18.6 Å². The second-order valence-corrected chi connectivity index (χ2v) is 7.60. The van der Waals surface area contributed by atoms with Crippen LogP contribution >= 0.6 is 0 Å². The van der Waals surface area contributed by atoms with E-state index in [9.17, 15) is 27.9 Å². The number of amides is 3. The van der Waals surface area contributed by atoms with E-state index in [1.807, 2.05) is 12.1 Å². The average molecular weight is 434 g/mol. The molecule has 164 valence electrons. The zero-order valence-corrected chi connectivity index (χ0v) is 16.4. The smallest absolute Gasteiger partial charge is 0.416 e. The Morgan fingerprint density at radius 1 is 0.968 bits per heavy atom. The third-order valence-electron chi connectivity index (χ3n) is 5.66. The number of anilines is 2. The van der Waals surface area contributed by atoms with Crippen LogP contribution in [0.4, 0.5) is 34.1 Å². The number of urea groups is 1. The van der Waals surface area contributed by atoms with Crippen molar-refractivity contribution in [2.24, 2.45) is 0 Å². The summed E-state index contributed by atoms with van der Waals surface area (Å²) >= 11 is 0. The van der Waals surface area contributed by atoms with Crippen LogP contribution in [0.1, 0.15) is 22.7 Å². The molecular formula is C21H21F3N4O3. The summed E-state index contributed by atoms with van der Waals surface area (Å²) in [5, 5.41) is 14.5. The highest BCUT2D eigenvalue weighted by atomic mass is 19.4. The summed E-state index contributed by atoms with van der Waals surface area (Å²) in [5.74, 6) is 0. The normalized spacial score (nSPS) is 18.7. The Morgan fingerprint density at radius 3 is 2.32 bits per heavy atom. The molecule has 2 aromatic carbocycles. The van der Waals surface area contributed by atoms with Crippen molar-refractivity contribution < 1.29 is 27.9 Å². The fourth-order valence-electron chi connectivity index (χ4n) is 4.08. The number of benzene rings is 2. The SMILES string of the molecule is O=C(Nc1ccc(C(F)(F)F)cc1)Nc1ccc2c(c1)CCN1CCN(C(=O)O)C[C@@H]21. The predicted octanol–water partition coefficient (Wildman–Crippen LogP) is 4.24. The Hall–Kier alpha value is -3.27. The number of alkyl halides is 3. The van der Waals surface area contributed by atoms with Gasteiger partial charge in [-0.3, -0.25) is 4.90 Å². The number of carboxylic acid groups (broad SMARTS) is 1. The van der Waals surface area contributed by atoms with Crippen LogP contribution in [0.3, 0.4) is 0 Å². The van der Waals surface area contributed by atoms with Crippen molar-refractivity contribution in [3.63, 3.8) is 0 Å². The number of carbonyl (C=O) groups excluding carboxylic acids is 1. The van der Waals surface area contributed by atoms with Crippen molar-refractivity contribution in [1.29, 1.82) is 0 Å². The topological polar surface area (TPSA) is 84.9 Å². The van der Waals surface area contributed by atoms with E-state index in [2.05, 4.69) is 15.5 Å². The summed E-state index contributed by atoms with van der Waals surface area (Å²) in [6, 6.07) is 9.13. The molecule has 0 aliphatic carbocycles. The molecule has 0 spiro atoms. The largest absolute Gasteiger partial charge is 0.465 e. The summed E-state index contributed by atoms with van der Waals surface area (Å²) in [6.07, 6.45) is -4.57. The number of halogens is 3. The quantitative estimate of drug-likeness (QED) is 0.660. The highest BCUT2D eigenvalue weighted by Crippen LogP contribution is 2.34. The lowest BCUT2D eigenvalue weighted by Crippen LogP contribution is -2.52. The highest BCUT2D eigenvalue weighted by Gasteiger charge is 2.34. The van der Waals surface area contributed by atoms with E-state index in [1.54, 1.807) is 6.07 Å². The van der Waals surface area contributed by atoms with Crippen LogP contribution in [0.15, 0.2) is 42.5 Å². The summed E-state index contributed by atoms with van der Waals surface area (Å²) < 4.78 is 37.9. The van der Waals surface area contributed by atoms with Crippen molar-refractivity contribution in [1.82, 2.24) is 9.80 Å². The fraction of sp³-hybridized carbons (Fsp3) is 0.333. The van der Waals surface area contributed by atoms with Gasteiger partial charge in [-0.2, -0.15) is 13.2 Å². The third-order valence-corrected chi connectivity index (χ3v) is 5.66. The monoisotopic (exact) mass is 434 g/mol. The molecule has 4 rings (SSSR count). The van der Waals surface area contributed by atoms with Crippen molar-refractivity contribution >= 4 is 23.5 Å². The Balaban J connectivity index is 1.42. The van der Waals surface area contributed by atoms with Gasteiger partial charge in [0.05, 0.1) is 11.6 Å². The minimum Gasteiger partial charge on any atom is -0.465 e. The molecule has 2 aliphatic heterocycles.